The molecule has 0 bridgehead atoms. The van der Waals surface area contributed by atoms with Gasteiger partial charge in [-0.2, -0.15) is 4.39 Å². The molecule has 1 aromatic carbocycles. The lowest BCUT2D eigenvalue weighted by molar-refractivity contribution is -0.152. The van der Waals surface area contributed by atoms with Crippen LogP contribution in [0.25, 0.3) is 0 Å². The number of halogens is 1. The van der Waals surface area contributed by atoms with E-state index in [0.717, 1.165) is 5.56 Å². The van der Waals surface area contributed by atoms with Gasteiger partial charge in [-0.05, 0) is 18.6 Å². The van der Waals surface area contributed by atoms with Gasteiger partial charge in [0.2, 0.25) is 5.95 Å². The number of esters is 1. The molecule has 3 rings (SSSR count). The van der Waals surface area contributed by atoms with Gasteiger partial charge in [0.05, 0.1) is 25.6 Å². The number of nitrogens with zero attached hydrogens (tertiary/aromatic N) is 2. The van der Waals surface area contributed by atoms with Gasteiger partial charge in [0.1, 0.15) is 0 Å². The van der Waals surface area contributed by atoms with Gasteiger partial charge in [-0.1, -0.05) is 36.9 Å². The number of rotatable bonds is 5. The predicted octanol–water partition coefficient (Wildman–Crippen LogP) is 2.74. The zero-order chi connectivity index (χ0) is 16.4. The Morgan fingerprint density at radius 2 is 2.17 bits per heavy atom. The zero-order valence-corrected chi connectivity index (χ0v) is 12.7. The molecule has 1 atom stereocenters. The maximum absolute atomic E-state index is 14.0. The minimum absolute atomic E-state index is 0.200. The summed E-state index contributed by atoms with van der Waals surface area (Å²) in [5.74, 6) is -1.62. The molecule has 2 heterocycles. The van der Waals surface area contributed by atoms with Crippen LogP contribution in [0.15, 0.2) is 49.3 Å². The molecular weight excluding hydrogens is 299 g/mol. The van der Waals surface area contributed by atoms with Gasteiger partial charge in [-0.25, -0.2) is 9.78 Å². The highest BCUT2D eigenvalue weighted by molar-refractivity contribution is 5.88. The fourth-order valence-corrected chi connectivity index (χ4v) is 2.47. The molecule has 1 aromatic heterocycles. The van der Waals surface area contributed by atoms with Crippen molar-refractivity contribution in [2.45, 2.75) is 18.6 Å². The summed E-state index contributed by atoms with van der Waals surface area (Å²) in [6.45, 7) is 5.96. The molecule has 0 amide bonds. The van der Waals surface area contributed by atoms with Crippen LogP contribution in [0.2, 0.25) is 0 Å². The molecule has 0 radical (unpaired) electrons. The van der Waals surface area contributed by atoms with Gasteiger partial charge in [0, 0.05) is 0 Å². The SMILES string of the molecule is C=CC1(OC(=O)c2c(F)ncn2[C@H](C)c2ccccc2)COC1. The molecule has 1 aliphatic heterocycles. The summed E-state index contributed by atoms with van der Waals surface area (Å²) in [5.41, 5.74) is -0.145. The summed E-state index contributed by atoms with van der Waals surface area (Å²) in [4.78, 5) is 16.0. The highest BCUT2D eigenvalue weighted by Gasteiger charge is 2.41. The normalized spacial score (nSPS) is 17.1. The molecule has 23 heavy (non-hydrogen) atoms. The zero-order valence-electron chi connectivity index (χ0n) is 12.7. The first kappa shape index (κ1) is 15.4. The van der Waals surface area contributed by atoms with Crippen LogP contribution < -0.4 is 0 Å². The van der Waals surface area contributed by atoms with E-state index in [2.05, 4.69) is 11.6 Å². The number of ether oxygens (including phenoxy) is 2. The minimum Gasteiger partial charge on any atom is -0.445 e. The lowest BCUT2D eigenvalue weighted by atomic mass is 10.0. The molecule has 6 heteroatoms. The first-order valence-corrected chi connectivity index (χ1v) is 7.28. The third-order valence-corrected chi connectivity index (χ3v) is 4.00. The smallest absolute Gasteiger partial charge is 0.360 e. The third kappa shape index (κ3) is 2.77. The number of carbonyl (C=O) groups is 1. The van der Waals surface area contributed by atoms with Crippen LogP contribution in [0, 0.1) is 5.95 Å². The average molecular weight is 316 g/mol. The van der Waals surface area contributed by atoms with E-state index in [1.165, 1.54) is 17.0 Å². The molecule has 0 saturated carbocycles. The molecule has 0 unspecified atom stereocenters. The fourth-order valence-electron chi connectivity index (χ4n) is 2.47. The predicted molar refractivity (Wildman–Crippen MR) is 81.6 cm³/mol. The van der Waals surface area contributed by atoms with Gasteiger partial charge in [-0.15, -0.1) is 0 Å². The highest BCUT2D eigenvalue weighted by Crippen LogP contribution is 2.27. The standard InChI is InChI=1S/C17H17FN2O3/c1-3-17(9-22-10-17)23-16(21)14-15(18)19-11-20(14)12(2)13-7-5-4-6-8-13/h3-8,11-12H,1,9-10H2,2H3/t12-/m1/s1. The summed E-state index contributed by atoms with van der Waals surface area (Å²) in [6, 6.07) is 9.22. The van der Waals surface area contributed by atoms with E-state index in [0.29, 0.717) is 0 Å². The maximum Gasteiger partial charge on any atom is 0.360 e. The Kier molecular flexibility index (Phi) is 4.00. The van der Waals surface area contributed by atoms with Crippen LogP contribution in [0.1, 0.15) is 29.0 Å². The van der Waals surface area contributed by atoms with E-state index in [9.17, 15) is 9.18 Å². The van der Waals surface area contributed by atoms with Gasteiger partial charge in [0.15, 0.2) is 11.3 Å². The largest absolute Gasteiger partial charge is 0.445 e. The van der Waals surface area contributed by atoms with Crippen molar-refractivity contribution in [3.05, 3.63) is 66.5 Å². The summed E-state index contributed by atoms with van der Waals surface area (Å²) < 4.78 is 26.0. The van der Waals surface area contributed by atoms with Crippen molar-refractivity contribution in [2.75, 3.05) is 13.2 Å². The molecule has 0 aliphatic carbocycles. The average Bonchev–Trinajstić information content (AvgIpc) is 2.92. The molecule has 2 aromatic rings. The molecule has 120 valence electrons. The van der Waals surface area contributed by atoms with E-state index in [4.69, 9.17) is 9.47 Å². The Bertz CT molecular complexity index is 723. The lowest BCUT2D eigenvalue weighted by Gasteiger charge is -2.37. The summed E-state index contributed by atoms with van der Waals surface area (Å²) >= 11 is 0. The van der Waals surface area contributed by atoms with Crippen molar-refractivity contribution in [3.63, 3.8) is 0 Å². The molecule has 1 fully saturated rings. The Hall–Kier alpha value is -2.47. The Morgan fingerprint density at radius 1 is 1.48 bits per heavy atom. The first-order valence-electron chi connectivity index (χ1n) is 7.28. The van der Waals surface area contributed by atoms with E-state index < -0.39 is 17.5 Å². The summed E-state index contributed by atoms with van der Waals surface area (Å²) in [5, 5.41) is 0. The topological polar surface area (TPSA) is 53.3 Å². The fraction of sp³-hybridized carbons (Fsp3) is 0.294. The Labute approximate surface area is 133 Å². The van der Waals surface area contributed by atoms with Crippen LogP contribution >= 0.6 is 0 Å². The summed E-state index contributed by atoms with van der Waals surface area (Å²) in [7, 11) is 0. The Balaban J connectivity index is 1.89. The second kappa shape index (κ2) is 5.96. The van der Waals surface area contributed by atoms with Crippen molar-refractivity contribution in [2.24, 2.45) is 0 Å². The summed E-state index contributed by atoms with van der Waals surface area (Å²) in [6.07, 6.45) is 2.81. The van der Waals surface area contributed by atoms with Crippen molar-refractivity contribution in [1.29, 1.82) is 0 Å². The van der Waals surface area contributed by atoms with Crippen molar-refractivity contribution in [3.8, 4) is 0 Å². The number of hydrogen-bond acceptors (Lipinski definition) is 4. The molecule has 1 aliphatic rings. The van der Waals surface area contributed by atoms with E-state index in [1.807, 2.05) is 37.3 Å². The van der Waals surface area contributed by atoms with Gasteiger partial charge >= 0.3 is 5.97 Å². The monoisotopic (exact) mass is 316 g/mol. The molecule has 1 saturated heterocycles. The van der Waals surface area contributed by atoms with Crippen LogP contribution in [0.4, 0.5) is 4.39 Å². The third-order valence-electron chi connectivity index (χ3n) is 4.00. The molecule has 0 N–H and O–H groups in total. The number of carbonyl (C=O) groups excluding carboxylic acids is 1. The maximum atomic E-state index is 14.0. The van der Waals surface area contributed by atoms with Crippen molar-refractivity contribution < 1.29 is 18.7 Å². The molecule has 0 spiro atoms. The van der Waals surface area contributed by atoms with E-state index in [1.54, 1.807) is 0 Å². The quantitative estimate of drug-likeness (QED) is 0.629. The molecule has 5 nitrogen and oxygen atoms in total. The van der Waals surface area contributed by atoms with Crippen molar-refractivity contribution >= 4 is 5.97 Å². The van der Waals surface area contributed by atoms with Crippen molar-refractivity contribution in [1.82, 2.24) is 9.55 Å². The number of imidazole rings is 1. The second-order valence-electron chi connectivity index (χ2n) is 5.53. The first-order chi connectivity index (χ1) is 11.1. The van der Waals surface area contributed by atoms with Crippen LogP contribution in [-0.2, 0) is 9.47 Å². The van der Waals surface area contributed by atoms with Crippen LogP contribution in [-0.4, -0.2) is 34.3 Å². The number of aromatic nitrogens is 2. The number of benzene rings is 1. The van der Waals surface area contributed by atoms with Crippen LogP contribution in [0.5, 0.6) is 0 Å². The van der Waals surface area contributed by atoms with E-state index in [-0.39, 0.29) is 24.9 Å². The highest BCUT2D eigenvalue weighted by atomic mass is 19.1. The second-order valence-corrected chi connectivity index (χ2v) is 5.53. The minimum atomic E-state index is -0.880. The molecular formula is C17H17FN2O3. The van der Waals surface area contributed by atoms with Crippen LogP contribution in [0.3, 0.4) is 0 Å². The lowest BCUT2D eigenvalue weighted by Crippen LogP contribution is -2.51. The van der Waals surface area contributed by atoms with E-state index >= 15 is 0 Å². The van der Waals surface area contributed by atoms with Gasteiger partial charge < -0.3 is 14.0 Å². The van der Waals surface area contributed by atoms with Gasteiger partial charge in [0.25, 0.3) is 0 Å². The number of hydrogen-bond donors (Lipinski definition) is 0. The van der Waals surface area contributed by atoms with Gasteiger partial charge in [-0.3, -0.25) is 0 Å². The Morgan fingerprint density at radius 3 is 2.74 bits per heavy atom.